The van der Waals surface area contributed by atoms with Crippen molar-refractivity contribution in [3.05, 3.63) is 0 Å². The van der Waals surface area contributed by atoms with Crippen molar-refractivity contribution >= 4 is 11.9 Å². The Morgan fingerprint density at radius 3 is 2.43 bits per heavy atom. The largest absolute Gasteiger partial charge is 0.480 e. The molecule has 1 amide bonds. The Hall–Kier alpha value is -1.14. The van der Waals surface area contributed by atoms with E-state index in [1.54, 1.807) is 6.92 Å². The Labute approximate surface area is 82.1 Å². The lowest BCUT2D eigenvalue weighted by Gasteiger charge is -2.15. The summed E-state index contributed by atoms with van der Waals surface area (Å²) in [6, 6.07) is -1.23. The summed E-state index contributed by atoms with van der Waals surface area (Å²) in [4.78, 5) is 21.7. The Bertz CT molecular complexity index is 208. The molecular weight excluding hydrogens is 188 g/mol. The predicted molar refractivity (Wildman–Crippen MR) is 49.5 cm³/mol. The van der Waals surface area contributed by atoms with Crippen LogP contribution in [0.15, 0.2) is 0 Å². The molecule has 14 heavy (non-hydrogen) atoms. The number of nitrogens with two attached hydrogens (primary N) is 1. The molecule has 0 aromatic rings. The van der Waals surface area contributed by atoms with E-state index in [9.17, 15) is 9.59 Å². The van der Waals surface area contributed by atoms with E-state index in [0.29, 0.717) is 13.0 Å². The zero-order chi connectivity index (χ0) is 11.1. The summed E-state index contributed by atoms with van der Waals surface area (Å²) < 4.78 is 0. The smallest absolute Gasteiger partial charge is 0.328 e. The third-order valence-corrected chi connectivity index (χ3v) is 1.84. The molecular formula is C8H16N2O4. The average Bonchev–Trinajstić information content (AvgIpc) is 2.13. The van der Waals surface area contributed by atoms with E-state index in [4.69, 9.17) is 15.9 Å². The van der Waals surface area contributed by atoms with Crippen LogP contribution in [0.2, 0.25) is 0 Å². The summed E-state index contributed by atoms with van der Waals surface area (Å²) in [6.45, 7) is 1.40. The first-order chi connectivity index (χ1) is 6.52. The highest BCUT2D eigenvalue weighted by atomic mass is 16.4. The van der Waals surface area contributed by atoms with Crippen molar-refractivity contribution in [1.29, 1.82) is 0 Å². The van der Waals surface area contributed by atoms with Crippen LogP contribution in [0.5, 0.6) is 0 Å². The summed E-state index contributed by atoms with van der Waals surface area (Å²) in [5, 5.41) is 19.4. The minimum absolute atomic E-state index is 0.339. The number of aliphatic carboxylic acids is 1. The summed E-state index contributed by atoms with van der Waals surface area (Å²) >= 11 is 0. The highest BCUT2D eigenvalue weighted by Gasteiger charge is 2.21. The highest BCUT2D eigenvalue weighted by molar-refractivity contribution is 5.84. The minimum atomic E-state index is -1.25. The summed E-state index contributed by atoms with van der Waals surface area (Å²) in [6.07, 6.45) is 0.490. The van der Waals surface area contributed by atoms with Gasteiger partial charge in [0, 0.05) is 5.92 Å². The first-order valence-corrected chi connectivity index (χ1v) is 4.37. The van der Waals surface area contributed by atoms with E-state index in [-0.39, 0.29) is 5.92 Å². The van der Waals surface area contributed by atoms with Crippen LogP contribution in [0.4, 0.5) is 0 Å². The molecule has 0 saturated heterocycles. The fourth-order valence-electron chi connectivity index (χ4n) is 0.881. The lowest BCUT2D eigenvalue weighted by atomic mass is 10.1. The predicted octanol–water partition coefficient (Wildman–Crippen LogP) is -1.47. The first-order valence-electron chi connectivity index (χ1n) is 4.37. The van der Waals surface area contributed by atoms with E-state index < -0.39 is 24.5 Å². The molecule has 6 heteroatoms. The fraction of sp³-hybridized carbons (Fsp3) is 0.750. The molecule has 82 valence electrons. The zero-order valence-electron chi connectivity index (χ0n) is 8.06. The first kappa shape index (κ1) is 12.9. The van der Waals surface area contributed by atoms with Crippen LogP contribution in [0, 0.1) is 5.92 Å². The van der Waals surface area contributed by atoms with Gasteiger partial charge in [0.25, 0.3) is 0 Å². The van der Waals surface area contributed by atoms with Crippen molar-refractivity contribution in [3.63, 3.8) is 0 Å². The molecule has 0 saturated carbocycles. The Morgan fingerprint density at radius 2 is 2.07 bits per heavy atom. The van der Waals surface area contributed by atoms with Gasteiger partial charge in [-0.15, -0.1) is 0 Å². The van der Waals surface area contributed by atoms with Crippen molar-refractivity contribution in [2.24, 2.45) is 11.7 Å². The number of carbonyl (C=O) groups is 2. The number of rotatable bonds is 6. The lowest BCUT2D eigenvalue weighted by Crippen LogP contribution is -2.45. The van der Waals surface area contributed by atoms with Crippen LogP contribution < -0.4 is 11.1 Å². The Balaban J connectivity index is 4.08. The summed E-state index contributed by atoms with van der Waals surface area (Å²) in [5.74, 6) is -1.99. The molecule has 0 rings (SSSR count). The second-order valence-corrected chi connectivity index (χ2v) is 3.06. The molecule has 5 N–H and O–H groups in total. The number of amides is 1. The van der Waals surface area contributed by atoms with Crippen molar-refractivity contribution in [2.75, 3.05) is 13.2 Å². The number of aliphatic hydroxyl groups is 1. The van der Waals surface area contributed by atoms with Crippen molar-refractivity contribution < 1.29 is 19.8 Å². The molecule has 6 nitrogen and oxygen atoms in total. The zero-order valence-corrected chi connectivity index (χ0v) is 8.06. The number of hydrogen-bond donors (Lipinski definition) is 4. The van der Waals surface area contributed by atoms with Gasteiger partial charge in [0.15, 0.2) is 0 Å². The maximum atomic E-state index is 11.3. The molecule has 0 aromatic heterocycles. The third kappa shape index (κ3) is 4.20. The van der Waals surface area contributed by atoms with Gasteiger partial charge in [-0.25, -0.2) is 4.79 Å². The van der Waals surface area contributed by atoms with Gasteiger partial charge in [-0.3, -0.25) is 4.79 Å². The van der Waals surface area contributed by atoms with Crippen LogP contribution in [0.1, 0.15) is 13.3 Å². The van der Waals surface area contributed by atoms with E-state index in [0.717, 1.165) is 0 Å². The number of carbonyl (C=O) groups excluding carboxylic acids is 1. The van der Waals surface area contributed by atoms with E-state index in [1.165, 1.54) is 0 Å². The quantitative estimate of drug-likeness (QED) is 0.422. The standard InChI is InChI=1S/C8H16N2O4/c1-5(2-3-9)7(12)10-6(4-11)8(13)14/h5-6,11H,2-4,9H2,1H3,(H,10,12)(H,13,14)/t5?,6-/m0/s1. The van der Waals surface area contributed by atoms with Crippen LogP contribution in [-0.2, 0) is 9.59 Å². The molecule has 2 atom stereocenters. The number of carboxylic acids is 1. The maximum absolute atomic E-state index is 11.3. The van der Waals surface area contributed by atoms with Crippen LogP contribution >= 0.6 is 0 Å². The van der Waals surface area contributed by atoms with Gasteiger partial charge in [0.05, 0.1) is 6.61 Å². The lowest BCUT2D eigenvalue weighted by molar-refractivity contribution is -0.143. The van der Waals surface area contributed by atoms with Gasteiger partial charge < -0.3 is 21.3 Å². The number of hydrogen-bond acceptors (Lipinski definition) is 4. The second-order valence-electron chi connectivity index (χ2n) is 3.06. The highest BCUT2D eigenvalue weighted by Crippen LogP contribution is 2.00. The fourth-order valence-corrected chi connectivity index (χ4v) is 0.881. The van der Waals surface area contributed by atoms with Gasteiger partial charge in [0.1, 0.15) is 6.04 Å². The average molecular weight is 204 g/mol. The monoisotopic (exact) mass is 204 g/mol. The normalized spacial score (nSPS) is 14.5. The molecule has 0 aliphatic heterocycles. The van der Waals surface area contributed by atoms with Gasteiger partial charge >= 0.3 is 5.97 Å². The van der Waals surface area contributed by atoms with Gasteiger partial charge in [-0.2, -0.15) is 0 Å². The molecule has 0 aromatic carbocycles. The number of aliphatic hydroxyl groups excluding tert-OH is 1. The SMILES string of the molecule is CC(CCN)C(=O)N[C@@H](CO)C(=O)O. The van der Waals surface area contributed by atoms with Crippen LogP contribution in [0.25, 0.3) is 0 Å². The minimum Gasteiger partial charge on any atom is -0.480 e. The maximum Gasteiger partial charge on any atom is 0.328 e. The molecule has 0 spiro atoms. The summed E-state index contributed by atoms with van der Waals surface area (Å²) in [5.41, 5.74) is 5.24. The Morgan fingerprint density at radius 1 is 1.50 bits per heavy atom. The summed E-state index contributed by atoms with van der Waals surface area (Å²) in [7, 11) is 0. The third-order valence-electron chi connectivity index (χ3n) is 1.84. The van der Waals surface area contributed by atoms with Crippen molar-refractivity contribution in [3.8, 4) is 0 Å². The second kappa shape index (κ2) is 6.33. The van der Waals surface area contributed by atoms with Gasteiger partial charge in [0.2, 0.25) is 5.91 Å². The molecule has 0 fully saturated rings. The number of carboxylic acid groups (broad SMARTS) is 1. The molecule has 0 bridgehead atoms. The van der Waals surface area contributed by atoms with Crippen molar-refractivity contribution in [1.82, 2.24) is 5.32 Å². The molecule has 0 radical (unpaired) electrons. The number of nitrogens with one attached hydrogen (secondary N) is 1. The van der Waals surface area contributed by atoms with E-state index >= 15 is 0 Å². The van der Waals surface area contributed by atoms with Crippen LogP contribution in [-0.4, -0.2) is 41.3 Å². The molecule has 0 aliphatic rings. The van der Waals surface area contributed by atoms with E-state index in [1.807, 2.05) is 0 Å². The van der Waals surface area contributed by atoms with Crippen LogP contribution in [0.3, 0.4) is 0 Å². The topological polar surface area (TPSA) is 113 Å². The Kier molecular flexibility index (Phi) is 5.82. The molecule has 0 aliphatic carbocycles. The van der Waals surface area contributed by atoms with Crippen molar-refractivity contribution in [2.45, 2.75) is 19.4 Å². The molecule has 0 heterocycles. The van der Waals surface area contributed by atoms with E-state index in [2.05, 4.69) is 5.32 Å². The van der Waals surface area contributed by atoms with Gasteiger partial charge in [-0.05, 0) is 13.0 Å². The van der Waals surface area contributed by atoms with Gasteiger partial charge in [-0.1, -0.05) is 6.92 Å². The molecule has 1 unspecified atom stereocenters.